The van der Waals surface area contributed by atoms with Crippen molar-refractivity contribution < 1.29 is 18.0 Å². The van der Waals surface area contributed by atoms with Gasteiger partial charge in [-0.05, 0) is 79.9 Å². The van der Waals surface area contributed by atoms with Crippen LogP contribution in [0, 0.1) is 0 Å². The molecule has 3 aromatic rings. The minimum absolute atomic E-state index is 0.0459. The van der Waals surface area contributed by atoms with Crippen molar-refractivity contribution in [3.63, 3.8) is 0 Å². The normalized spacial score (nSPS) is 12.8. The molecule has 3 rings (SSSR count). The predicted molar refractivity (Wildman–Crippen MR) is 161 cm³/mol. The van der Waals surface area contributed by atoms with Crippen molar-refractivity contribution in [3.05, 3.63) is 93.4 Å². The molecule has 2 unspecified atom stereocenters. The lowest BCUT2D eigenvalue weighted by atomic mass is 10.1. The van der Waals surface area contributed by atoms with Gasteiger partial charge < -0.3 is 10.2 Å². The van der Waals surface area contributed by atoms with Gasteiger partial charge in [0.2, 0.25) is 11.8 Å². The summed E-state index contributed by atoms with van der Waals surface area (Å²) in [5.74, 6) is -0.868. The summed E-state index contributed by atoms with van der Waals surface area (Å²) in [5.41, 5.74) is 0.946. The van der Waals surface area contributed by atoms with Crippen LogP contribution in [0.1, 0.15) is 39.2 Å². The Morgan fingerprint density at radius 3 is 2.00 bits per heavy atom. The quantitative estimate of drug-likeness (QED) is 0.247. The Hall–Kier alpha value is -2.78. The van der Waals surface area contributed by atoms with E-state index in [-0.39, 0.29) is 29.1 Å². The molecule has 1 N–H and O–H groups in total. The van der Waals surface area contributed by atoms with Crippen LogP contribution in [0.4, 0.5) is 5.69 Å². The van der Waals surface area contributed by atoms with Crippen molar-refractivity contribution in [1.29, 1.82) is 0 Å². The molecule has 0 aliphatic heterocycles. The summed E-state index contributed by atoms with van der Waals surface area (Å²) in [6, 6.07) is 17.9. The summed E-state index contributed by atoms with van der Waals surface area (Å²) in [7, 11) is -4.22. The molecule has 0 saturated carbocycles. The highest BCUT2D eigenvalue weighted by molar-refractivity contribution is 7.92. The van der Waals surface area contributed by atoms with E-state index in [0.717, 1.165) is 16.3 Å². The number of nitrogens with zero attached hydrogens (tertiary/aromatic N) is 2. The van der Waals surface area contributed by atoms with Gasteiger partial charge in [-0.15, -0.1) is 0 Å². The fourth-order valence-corrected chi connectivity index (χ4v) is 5.88. The lowest BCUT2D eigenvalue weighted by molar-refractivity contribution is -0.140. The van der Waals surface area contributed by atoms with Gasteiger partial charge in [0.05, 0.1) is 10.6 Å². The molecule has 0 aliphatic carbocycles. The zero-order valence-corrected chi connectivity index (χ0v) is 25.6. The maximum atomic E-state index is 14.0. The van der Waals surface area contributed by atoms with Crippen molar-refractivity contribution >= 4 is 62.3 Å². The summed E-state index contributed by atoms with van der Waals surface area (Å²) >= 11 is 18.2. The molecule has 0 aliphatic rings. The van der Waals surface area contributed by atoms with Crippen molar-refractivity contribution in [2.24, 2.45) is 0 Å². The molecule has 0 aromatic heterocycles. The average molecular weight is 625 g/mol. The lowest BCUT2D eigenvalue weighted by Gasteiger charge is -2.33. The Morgan fingerprint density at radius 2 is 1.45 bits per heavy atom. The van der Waals surface area contributed by atoms with E-state index in [9.17, 15) is 18.0 Å². The summed E-state index contributed by atoms with van der Waals surface area (Å²) in [5, 5.41) is 4.16. The van der Waals surface area contributed by atoms with Gasteiger partial charge in [0, 0.05) is 27.7 Å². The van der Waals surface area contributed by atoms with E-state index in [4.69, 9.17) is 34.8 Å². The number of sulfonamides is 1. The second kappa shape index (κ2) is 14.2. The molecule has 2 atom stereocenters. The smallest absolute Gasteiger partial charge is 0.264 e. The van der Waals surface area contributed by atoms with Crippen molar-refractivity contribution in [3.8, 4) is 0 Å². The lowest BCUT2D eigenvalue weighted by Crippen LogP contribution is -2.53. The molecule has 2 amide bonds. The van der Waals surface area contributed by atoms with Gasteiger partial charge >= 0.3 is 0 Å². The standard InChI is InChI=1S/C29H32Cl3N3O4S/c1-4-20(3)33-29(37)27(5-2)34(18-21-9-11-22(30)12-10-21)28(36)19-35(25-8-6-7-24(32)17-25)40(38,39)26-15-13-23(31)14-16-26/h6-17,20,27H,4-5,18-19H2,1-3H3,(H,33,37). The molecule has 0 radical (unpaired) electrons. The van der Waals surface area contributed by atoms with Crippen LogP contribution in [-0.4, -0.2) is 43.8 Å². The number of nitrogens with one attached hydrogen (secondary N) is 1. The molecular formula is C29H32Cl3N3O4S. The van der Waals surface area contributed by atoms with Crippen LogP contribution in [0.15, 0.2) is 77.7 Å². The maximum Gasteiger partial charge on any atom is 0.264 e. The van der Waals surface area contributed by atoms with E-state index in [1.54, 1.807) is 42.5 Å². The molecular weight excluding hydrogens is 593 g/mol. The molecule has 214 valence electrons. The average Bonchev–Trinajstić information content (AvgIpc) is 2.92. The number of hydrogen-bond acceptors (Lipinski definition) is 4. The molecule has 0 heterocycles. The topological polar surface area (TPSA) is 86.8 Å². The minimum Gasteiger partial charge on any atom is -0.352 e. The highest BCUT2D eigenvalue weighted by atomic mass is 35.5. The van der Waals surface area contributed by atoms with Gasteiger partial charge in [-0.25, -0.2) is 8.42 Å². The predicted octanol–water partition coefficient (Wildman–Crippen LogP) is 6.56. The van der Waals surface area contributed by atoms with Crippen LogP contribution in [-0.2, 0) is 26.2 Å². The Labute approximate surface area is 251 Å². The van der Waals surface area contributed by atoms with Gasteiger partial charge in [0.1, 0.15) is 12.6 Å². The number of carbonyl (C=O) groups is 2. The van der Waals surface area contributed by atoms with Gasteiger partial charge in [0.15, 0.2) is 0 Å². The first kappa shape index (κ1) is 31.7. The number of rotatable bonds is 12. The summed E-state index contributed by atoms with van der Waals surface area (Å²) in [4.78, 5) is 28.7. The molecule has 11 heteroatoms. The van der Waals surface area contributed by atoms with Crippen molar-refractivity contribution in [2.45, 2.75) is 57.1 Å². The molecule has 40 heavy (non-hydrogen) atoms. The van der Waals surface area contributed by atoms with Crippen LogP contribution in [0.3, 0.4) is 0 Å². The fourth-order valence-electron chi connectivity index (χ4n) is 4.04. The second-order valence-electron chi connectivity index (χ2n) is 9.34. The van der Waals surface area contributed by atoms with E-state index in [2.05, 4.69) is 5.32 Å². The summed E-state index contributed by atoms with van der Waals surface area (Å²) in [6.45, 7) is 5.16. The Morgan fingerprint density at radius 1 is 0.850 bits per heavy atom. The van der Waals surface area contributed by atoms with E-state index in [1.165, 1.54) is 35.2 Å². The Bertz CT molecular complexity index is 1420. The van der Waals surface area contributed by atoms with Crippen LogP contribution in [0.5, 0.6) is 0 Å². The number of hydrogen-bond donors (Lipinski definition) is 1. The number of benzene rings is 3. The highest BCUT2D eigenvalue weighted by Gasteiger charge is 2.34. The number of halogens is 3. The minimum atomic E-state index is -4.22. The van der Waals surface area contributed by atoms with Crippen LogP contribution >= 0.6 is 34.8 Å². The van der Waals surface area contributed by atoms with Gasteiger partial charge in [-0.2, -0.15) is 0 Å². The van der Waals surface area contributed by atoms with Gasteiger partial charge in [0.25, 0.3) is 10.0 Å². The van der Waals surface area contributed by atoms with E-state index in [1.807, 2.05) is 20.8 Å². The van der Waals surface area contributed by atoms with Crippen LogP contribution < -0.4 is 9.62 Å². The van der Waals surface area contributed by atoms with E-state index < -0.39 is 28.5 Å². The number of anilines is 1. The maximum absolute atomic E-state index is 14.0. The van der Waals surface area contributed by atoms with E-state index in [0.29, 0.717) is 21.5 Å². The second-order valence-corrected chi connectivity index (χ2v) is 12.5. The van der Waals surface area contributed by atoms with Gasteiger partial charge in [-0.3, -0.25) is 13.9 Å². The Balaban J connectivity index is 2.05. The third-order valence-electron chi connectivity index (χ3n) is 6.43. The first-order valence-corrected chi connectivity index (χ1v) is 15.4. The zero-order chi connectivity index (χ0) is 29.4. The van der Waals surface area contributed by atoms with Crippen molar-refractivity contribution in [1.82, 2.24) is 10.2 Å². The third-order valence-corrected chi connectivity index (χ3v) is 8.96. The number of carbonyl (C=O) groups excluding carboxylic acids is 2. The number of amides is 2. The first-order chi connectivity index (χ1) is 19.0. The summed E-state index contributed by atoms with van der Waals surface area (Å²) < 4.78 is 28.7. The van der Waals surface area contributed by atoms with Crippen molar-refractivity contribution in [2.75, 3.05) is 10.8 Å². The Kier molecular flexibility index (Phi) is 11.3. The third kappa shape index (κ3) is 8.13. The van der Waals surface area contributed by atoms with Crippen LogP contribution in [0.25, 0.3) is 0 Å². The largest absolute Gasteiger partial charge is 0.352 e. The molecule has 3 aromatic carbocycles. The molecule has 0 saturated heterocycles. The van der Waals surface area contributed by atoms with Gasteiger partial charge in [-0.1, -0.05) is 66.8 Å². The summed E-state index contributed by atoms with van der Waals surface area (Å²) in [6.07, 6.45) is 1.04. The fraction of sp³-hybridized carbons (Fsp3) is 0.310. The molecule has 7 nitrogen and oxygen atoms in total. The van der Waals surface area contributed by atoms with Crippen LogP contribution in [0.2, 0.25) is 15.1 Å². The monoisotopic (exact) mass is 623 g/mol. The SMILES string of the molecule is CCC(C)NC(=O)C(CC)N(Cc1ccc(Cl)cc1)C(=O)CN(c1cccc(Cl)c1)S(=O)(=O)c1ccc(Cl)cc1. The first-order valence-electron chi connectivity index (χ1n) is 12.8. The molecule has 0 spiro atoms. The molecule has 0 bridgehead atoms. The zero-order valence-electron chi connectivity index (χ0n) is 22.5. The molecule has 0 fully saturated rings. The highest BCUT2D eigenvalue weighted by Crippen LogP contribution is 2.28. The van der Waals surface area contributed by atoms with E-state index >= 15 is 0 Å².